The quantitative estimate of drug-likeness (QED) is 0.157. The van der Waals surface area contributed by atoms with E-state index in [-0.39, 0.29) is 22.2 Å². The van der Waals surface area contributed by atoms with Crippen molar-refractivity contribution in [3.8, 4) is 17.1 Å². The van der Waals surface area contributed by atoms with Gasteiger partial charge in [-0.1, -0.05) is 54.1 Å². The molecular weight excluding hydrogens is 488 g/mol. The topological polar surface area (TPSA) is 126 Å². The summed E-state index contributed by atoms with van der Waals surface area (Å²) in [6.45, 7) is 1.39. The lowest BCUT2D eigenvalue weighted by Gasteiger charge is -2.15. The van der Waals surface area contributed by atoms with Crippen molar-refractivity contribution < 1.29 is 19.2 Å². The third-order valence-corrected chi connectivity index (χ3v) is 5.40. The van der Waals surface area contributed by atoms with Gasteiger partial charge in [-0.05, 0) is 25.1 Å². The fourth-order valence-corrected chi connectivity index (χ4v) is 3.70. The van der Waals surface area contributed by atoms with Crippen molar-refractivity contribution in [1.29, 1.82) is 0 Å². The van der Waals surface area contributed by atoms with E-state index < -0.39 is 28.2 Å². The van der Waals surface area contributed by atoms with Crippen LogP contribution in [0, 0.1) is 10.1 Å². The van der Waals surface area contributed by atoms with Crippen LogP contribution in [0.4, 0.5) is 5.69 Å². The first-order valence-corrected chi connectivity index (χ1v) is 11.0. The van der Waals surface area contributed by atoms with E-state index in [0.717, 1.165) is 10.7 Å². The Balaban J connectivity index is 1.92. The average Bonchev–Trinajstić information content (AvgIpc) is 2.88. The number of carbonyl (C=O) groups is 1. The number of benzene rings is 3. The summed E-state index contributed by atoms with van der Waals surface area (Å²) >= 11 is 6.12. The molecule has 0 spiro atoms. The molecule has 0 radical (unpaired) electrons. The predicted octanol–water partition coefficient (Wildman–Crippen LogP) is 4.45. The van der Waals surface area contributed by atoms with Gasteiger partial charge in [0.2, 0.25) is 5.75 Å². The summed E-state index contributed by atoms with van der Waals surface area (Å²) in [6.07, 6.45) is 0.0367. The average molecular weight is 507 g/mol. The number of rotatable bonds is 7. The molecule has 1 atom stereocenters. The maximum atomic E-state index is 13.4. The van der Waals surface area contributed by atoms with E-state index in [1.807, 2.05) is 6.07 Å². The minimum atomic E-state index is -1.16. The Morgan fingerprint density at radius 1 is 1.17 bits per heavy atom. The van der Waals surface area contributed by atoms with Crippen LogP contribution in [0.15, 0.2) is 76.6 Å². The van der Waals surface area contributed by atoms with Gasteiger partial charge in [0.15, 0.2) is 11.9 Å². The molecule has 4 aromatic rings. The standard InChI is InChI=1S/C25H19ClN4O6/c1-15(25(32)35-2)36-22-17(12-18(26)13-21(22)30(33)34)14-27-29-23(16-8-4-3-5-9-16)28-20-11-7-6-10-19(20)24(29)31/h3-15H,1-2H3/t15-/m1/s1. The van der Waals surface area contributed by atoms with E-state index in [0.29, 0.717) is 16.5 Å². The van der Waals surface area contributed by atoms with Gasteiger partial charge in [0.05, 0.1) is 29.2 Å². The highest BCUT2D eigenvalue weighted by atomic mass is 35.5. The number of para-hydroxylation sites is 1. The van der Waals surface area contributed by atoms with Crippen LogP contribution >= 0.6 is 11.6 Å². The van der Waals surface area contributed by atoms with E-state index in [2.05, 4.69) is 14.8 Å². The number of nitro benzene ring substituents is 1. The van der Waals surface area contributed by atoms with Crippen LogP contribution in [-0.2, 0) is 9.53 Å². The summed E-state index contributed by atoms with van der Waals surface area (Å²) in [6, 6.07) is 18.3. The van der Waals surface area contributed by atoms with E-state index in [9.17, 15) is 19.7 Å². The van der Waals surface area contributed by atoms with Gasteiger partial charge < -0.3 is 9.47 Å². The fourth-order valence-electron chi connectivity index (χ4n) is 3.48. The summed E-state index contributed by atoms with van der Waals surface area (Å²) in [7, 11) is 1.17. The highest BCUT2D eigenvalue weighted by molar-refractivity contribution is 6.31. The summed E-state index contributed by atoms with van der Waals surface area (Å²) < 4.78 is 11.3. The molecule has 0 unspecified atom stereocenters. The number of fused-ring (bicyclic) bond motifs is 1. The van der Waals surface area contributed by atoms with Gasteiger partial charge in [-0.25, -0.2) is 9.78 Å². The van der Waals surface area contributed by atoms with Crippen LogP contribution in [0.2, 0.25) is 5.02 Å². The highest BCUT2D eigenvalue weighted by Crippen LogP contribution is 2.34. The molecule has 0 N–H and O–H groups in total. The second-order valence-electron chi connectivity index (χ2n) is 7.56. The van der Waals surface area contributed by atoms with Crippen molar-refractivity contribution in [1.82, 2.24) is 9.66 Å². The smallest absolute Gasteiger partial charge is 0.346 e. The van der Waals surface area contributed by atoms with E-state index in [1.54, 1.807) is 48.5 Å². The lowest BCUT2D eigenvalue weighted by atomic mass is 10.1. The highest BCUT2D eigenvalue weighted by Gasteiger charge is 2.25. The van der Waals surface area contributed by atoms with Gasteiger partial charge in [-0.3, -0.25) is 14.9 Å². The Labute approximate surface area is 209 Å². The number of ether oxygens (including phenoxy) is 2. The van der Waals surface area contributed by atoms with Gasteiger partial charge in [-0.2, -0.15) is 9.78 Å². The normalized spacial score (nSPS) is 12.0. The molecule has 10 nitrogen and oxygen atoms in total. The van der Waals surface area contributed by atoms with Gasteiger partial charge >= 0.3 is 11.7 Å². The Kier molecular flexibility index (Phi) is 7.07. The zero-order valence-corrected chi connectivity index (χ0v) is 19.9. The maximum absolute atomic E-state index is 13.4. The van der Waals surface area contributed by atoms with Crippen LogP contribution < -0.4 is 10.3 Å². The number of methoxy groups -OCH3 is 1. The largest absolute Gasteiger partial charge is 0.471 e. The molecule has 182 valence electrons. The number of nitrogens with zero attached hydrogens (tertiary/aromatic N) is 4. The molecule has 36 heavy (non-hydrogen) atoms. The number of hydrogen-bond acceptors (Lipinski definition) is 8. The molecule has 4 rings (SSSR count). The van der Waals surface area contributed by atoms with Crippen molar-refractivity contribution in [3.63, 3.8) is 0 Å². The Morgan fingerprint density at radius 3 is 2.56 bits per heavy atom. The second-order valence-corrected chi connectivity index (χ2v) is 8.00. The first-order valence-electron chi connectivity index (χ1n) is 10.6. The maximum Gasteiger partial charge on any atom is 0.346 e. The van der Waals surface area contributed by atoms with Crippen LogP contribution in [-0.4, -0.2) is 40.0 Å². The minimum Gasteiger partial charge on any atom is -0.471 e. The monoisotopic (exact) mass is 506 g/mol. The summed E-state index contributed by atoms with van der Waals surface area (Å²) in [5.41, 5.74) is 0.265. The van der Waals surface area contributed by atoms with Gasteiger partial charge in [0.25, 0.3) is 5.56 Å². The molecule has 3 aromatic carbocycles. The van der Waals surface area contributed by atoms with Crippen LogP contribution in [0.1, 0.15) is 12.5 Å². The van der Waals surface area contributed by atoms with Crippen molar-refractivity contribution >= 4 is 40.4 Å². The molecule has 0 amide bonds. The Hall–Kier alpha value is -4.57. The zero-order valence-electron chi connectivity index (χ0n) is 19.1. The first kappa shape index (κ1) is 24.6. The summed E-state index contributed by atoms with van der Waals surface area (Å²) in [5, 5.41) is 16.4. The van der Waals surface area contributed by atoms with Gasteiger partial charge in [0.1, 0.15) is 0 Å². The molecule has 0 aliphatic heterocycles. The van der Waals surface area contributed by atoms with Crippen LogP contribution in [0.25, 0.3) is 22.3 Å². The molecule has 11 heteroatoms. The number of esters is 1. The van der Waals surface area contributed by atoms with Crippen molar-refractivity contribution in [2.45, 2.75) is 13.0 Å². The molecule has 0 aliphatic carbocycles. The zero-order chi connectivity index (χ0) is 25.8. The van der Waals surface area contributed by atoms with Crippen molar-refractivity contribution in [3.05, 3.63) is 97.8 Å². The minimum absolute atomic E-state index is 0.0356. The molecule has 0 bridgehead atoms. The van der Waals surface area contributed by atoms with E-state index in [1.165, 1.54) is 26.3 Å². The van der Waals surface area contributed by atoms with Crippen molar-refractivity contribution in [2.75, 3.05) is 7.11 Å². The number of nitro groups is 1. The predicted molar refractivity (Wildman–Crippen MR) is 135 cm³/mol. The molecule has 0 saturated carbocycles. The number of aromatic nitrogens is 2. The van der Waals surface area contributed by atoms with E-state index in [4.69, 9.17) is 16.3 Å². The lowest BCUT2D eigenvalue weighted by molar-refractivity contribution is -0.386. The molecule has 1 aromatic heterocycles. The molecule has 1 heterocycles. The first-order chi connectivity index (χ1) is 17.3. The third-order valence-electron chi connectivity index (χ3n) is 5.19. The van der Waals surface area contributed by atoms with E-state index >= 15 is 0 Å². The Bertz CT molecular complexity index is 1550. The summed E-state index contributed by atoms with van der Waals surface area (Å²) in [5.74, 6) is -0.727. The number of halogens is 1. The van der Waals surface area contributed by atoms with Crippen molar-refractivity contribution in [2.24, 2.45) is 5.10 Å². The lowest BCUT2D eigenvalue weighted by Crippen LogP contribution is -2.26. The SMILES string of the molecule is COC(=O)[C@@H](C)Oc1c(C=Nn2c(-c3ccccc3)nc3ccccc3c2=O)cc(Cl)cc1[N+](=O)[O-]. The number of carbonyl (C=O) groups excluding carboxylic acids is 1. The molecule has 0 saturated heterocycles. The third kappa shape index (κ3) is 4.93. The van der Waals surface area contributed by atoms with Crippen LogP contribution in [0.5, 0.6) is 5.75 Å². The Morgan fingerprint density at radius 2 is 1.86 bits per heavy atom. The molecule has 0 aliphatic rings. The second kappa shape index (κ2) is 10.4. The summed E-state index contributed by atoms with van der Waals surface area (Å²) in [4.78, 5) is 40.9. The number of hydrogen-bond donors (Lipinski definition) is 0. The fraction of sp³-hybridized carbons (Fsp3) is 0.120. The van der Waals surface area contributed by atoms with Gasteiger partial charge in [-0.15, -0.1) is 0 Å². The molecule has 0 fully saturated rings. The van der Waals surface area contributed by atoms with Crippen LogP contribution in [0.3, 0.4) is 0 Å². The molecular formula is C25H19ClN4O6. The van der Waals surface area contributed by atoms with Gasteiger partial charge in [0, 0.05) is 22.2 Å².